The third-order valence-electron chi connectivity index (χ3n) is 2.11. The van der Waals surface area contributed by atoms with Crippen LogP contribution in [-0.2, 0) is 21.8 Å². The molecule has 1 rings (SSSR count). The van der Waals surface area contributed by atoms with E-state index in [-0.39, 0.29) is 12.5 Å². The van der Waals surface area contributed by atoms with Crippen molar-refractivity contribution >= 4 is 23.8 Å². The average molecular weight is 288 g/mol. The highest BCUT2D eigenvalue weighted by Crippen LogP contribution is 2.05. The Morgan fingerprint density at radius 2 is 2.26 bits per heavy atom. The van der Waals surface area contributed by atoms with Crippen molar-refractivity contribution in [2.24, 2.45) is 0 Å². The first kappa shape index (κ1) is 15.3. The molecular weight excluding hydrogens is 272 g/mol. The fourth-order valence-corrected chi connectivity index (χ4v) is 1.54. The summed E-state index contributed by atoms with van der Waals surface area (Å²) in [5.41, 5.74) is 0. The number of aromatic nitrogens is 2. The number of carbonyl (C=O) groups excluding carboxylic acids is 2. The molecule has 0 aliphatic heterocycles. The highest BCUT2D eigenvalue weighted by Gasteiger charge is 2.16. The van der Waals surface area contributed by atoms with Crippen molar-refractivity contribution < 1.29 is 18.8 Å². The Hall–Kier alpha value is -1.77. The first-order chi connectivity index (χ1) is 9.06. The molecule has 0 radical (unpaired) electrons. The van der Waals surface area contributed by atoms with E-state index in [1.54, 1.807) is 18.7 Å². The second-order valence-electron chi connectivity index (χ2n) is 3.61. The zero-order chi connectivity index (χ0) is 14.3. The number of ether oxygens (including phenoxy) is 1. The second-order valence-corrected chi connectivity index (χ2v) is 4.48. The molecule has 2 N–H and O–H groups in total. The lowest BCUT2D eigenvalue weighted by atomic mass is 10.3. The van der Waals surface area contributed by atoms with Gasteiger partial charge in [-0.3, -0.25) is 4.79 Å². The predicted octanol–water partition coefficient (Wildman–Crippen LogP) is 0.293. The minimum atomic E-state index is -0.707. The molecule has 1 atom stereocenters. The van der Waals surface area contributed by atoms with Gasteiger partial charge in [-0.15, -0.1) is 0 Å². The van der Waals surface area contributed by atoms with Crippen LogP contribution >= 0.6 is 11.8 Å². The molecule has 1 aromatic heterocycles. The molecule has 8 nitrogen and oxygen atoms in total. The van der Waals surface area contributed by atoms with Gasteiger partial charge in [0.15, 0.2) is 5.82 Å². The van der Waals surface area contributed by atoms with Crippen LogP contribution in [0.4, 0.5) is 4.79 Å². The zero-order valence-electron chi connectivity index (χ0n) is 10.9. The van der Waals surface area contributed by atoms with Gasteiger partial charge in [-0.25, -0.2) is 4.79 Å². The summed E-state index contributed by atoms with van der Waals surface area (Å²) in [5, 5.41) is 8.66. The Kier molecular flexibility index (Phi) is 6.13. The normalized spacial score (nSPS) is 11.7. The molecule has 0 bridgehead atoms. The molecule has 0 unspecified atom stereocenters. The summed E-state index contributed by atoms with van der Waals surface area (Å²) in [4.78, 5) is 26.6. The van der Waals surface area contributed by atoms with Crippen LogP contribution in [0.25, 0.3) is 0 Å². The molecular formula is C10H16N4O4S. The monoisotopic (exact) mass is 288 g/mol. The first-order valence-electron chi connectivity index (χ1n) is 5.49. The van der Waals surface area contributed by atoms with Crippen molar-refractivity contribution in [1.29, 1.82) is 0 Å². The van der Waals surface area contributed by atoms with Crippen LogP contribution in [0.5, 0.6) is 0 Å². The number of carbonyl (C=O) groups is 2. The van der Waals surface area contributed by atoms with Gasteiger partial charge >= 0.3 is 6.09 Å². The third-order valence-corrected chi connectivity index (χ3v) is 2.66. The highest BCUT2D eigenvalue weighted by molar-refractivity contribution is 7.97. The summed E-state index contributed by atoms with van der Waals surface area (Å²) in [7, 11) is 1.23. The number of hydrogen-bond acceptors (Lipinski definition) is 7. The first-order valence-corrected chi connectivity index (χ1v) is 6.88. The van der Waals surface area contributed by atoms with E-state index in [0.717, 1.165) is 0 Å². The van der Waals surface area contributed by atoms with Crippen molar-refractivity contribution in [2.75, 3.05) is 13.4 Å². The minimum absolute atomic E-state index is 0.118. The summed E-state index contributed by atoms with van der Waals surface area (Å²) in [6.45, 7) is 1.66. The fraction of sp³-hybridized carbons (Fsp3) is 0.600. The second kappa shape index (κ2) is 7.62. The smallest absolute Gasteiger partial charge is 0.407 e. The van der Waals surface area contributed by atoms with Gasteiger partial charge in [0, 0.05) is 0 Å². The van der Waals surface area contributed by atoms with Gasteiger partial charge in [0.2, 0.25) is 11.8 Å². The van der Waals surface area contributed by atoms with Crippen LogP contribution in [0.2, 0.25) is 0 Å². The Bertz CT molecular complexity index is 437. The van der Waals surface area contributed by atoms with E-state index in [2.05, 4.69) is 25.5 Å². The molecule has 0 spiro atoms. The molecule has 0 aliphatic carbocycles. The van der Waals surface area contributed by atoms with Gasteiger partial charge in [0.05, 0.1) is 19.4 Å². The van der Waals surface area contributed by atoms with Crippen LogP contribution < -0.4 is 10.6 Å². The Balaban J connectivity index is 2.38. The van der Waals surface area contributed by atoms with Crippen LogP contribution in [-0.4, -0.2) is 41.5 Å². The fourth-order valence-electron chi connectivity index (χ4n) is 1.17. The van der Waals surface area contributed by atoms with Crippen LogP contribution in [0.3, 0.4) is 0 Å². The van der Waals surface area contributed by atoms with Crippen molar-refractivity contribution in [2.45, 2.75) is 25.3 Å². The van der Waals surface area contributed by atoms with Gasteiger partial charge in [-0.05, 0) is 13.2 Å². The molecule has 1 aromatic rings. The van der Waals surface area contributed by atoms with Crippen molar-refractivity contribution in [1.82, 2.24) is 20.8 Å². The minimum Gasteiger partial charge on any atom is -0.453 e. The third kappa shape index (κ3) is 5.16. The number of alkyl carbamates (subject to hydrolysis) is 1. The number of hydrogen-bond donors (Lipinski definition) is 2. The van der Waals surface area contributed by atoms with Crippen molar-refractivity contribution in [3.63, 3.8) is 0 Å². The van der Waals surface area contributed by atoms with Gasteiger partial charge in [-0.1, -0.05) is 5.16 Å². The maximum absolute atomic E-state index is 11.6. The summed E-state index contributed by atoms with van der Waals surface area (Å²) in [5.74, 6) is 1.19. The summed E-state index contributed by atoms with van der Waals surface area (Å²) < 4.78 is 9.34. The Morgan fingerprint density at radius 3 is 2.89 bits per heavy atom. The molecule has 19 heavy (non-hydrogen) atoms. The van der Waals surface area contributed by atoms with E-state index in [4.69, 9.17) is 4.52 Å². The van der Waals surface area contributed by atoms with Crippen LogP contribution in [0.1, 0.15) is 18.6 Å². The maximum Gasteiger partial charge on any atom is 0.407 e. The molecule has 0 fully saturated rings. The molecule has 106 valence electrons. The summed E-state index contributed by atoms with van der Waals surface area (Å²) in [6, 6.07) is -0.707. The number of amides is 2. The topological polar surface area (TPSA) is 106 Å². The van der Waals surface area contributed by atoms with Crippen molar-refractivity contribution in [3.8, 4) is 0 Å². The molecule has 2 amide bonds. The van der Waals surface area contributed by atoms with E-state index in [0.29, 0.717) is 17.5 Å². The molecule has 0 aromatic carbocycles. The largest absolute Gasteiger partial charge is 0.453 e. The van der Waals surface area contributed by atoms with Crippen LogP contribution in [0.15, 0.2) is 4.52 Å². The number of methoxy groups -OCH3 is 1. The van der Waals surface area contributed by atoms with Gasteiger partial charge in [-0.2, -0.15) is 16.7 Å². The number of rotatable bonds is 6. The summed E-state index contributed by atoms with van der Waals surface area (Å²) >= 11 is 1.57. The van der Waals surface area contributed by atoms with Crippen LogP contribution in [0, 0.1) is 0 Å². The van der Waals surface area contributed by atoms with E-state index in [1.807, 2.05) is 6.26 Å². The molecule has 0 aliphatic rings. The predicted molar refractivity (Wildman–Crippen MR) is 68.4 cm³/mol. The lowest BCUT2D eigenvalue weighted by Gasteiger charge is -2.11. The van der Waals surface area contributed by atoms with Gasteiger partial charge in [0.25, 0.3) is 0 Å². The van der Waals surface area contributed by atoms with Crippen molar-refractivity contribution in [3.05, 3.63) is 11.7 Å². The van der Waals surface area contributed by atoms with Gasteiger partial charge in [0.1, 0.15) is 6.04 Å². The molecule has 0 saturated heterocycles. The standard InChI is InChI=1S/C10H16N4O4S/c1-6(12-10(16)17-2)9(15)11-4-8-13-7(5-19-3)14-18-8/h6H,4-5H2,1-3H3,(H,11,15)(H,12,16)/t6-/m0/s1. The summed E-state index contributed by atoms with van der Waals surface area (Å²) in [6.07, 6.45) is 1.26. The van der Waals surface area contributed by atoms with E-state index in [1.165, 1.54) is 7.11 Å². The zero-order valence-corrected chi connectivity index (χ0v) is 11.7. The van der Waals surface area contributed by atoms with E-state index < -0.39 is 12.1 Å². The molecule has 0 saturated carbocycles. The molecule has 9 heteroatoms. The van der Waals surface area contributed by atoms with E-state index in [9.17, 15) is 9.59 Å². The lowest BCUT2D eigenvalue weighted by Crippen LogP contribution is -2.44. The highest BCUT2D eigenvalue weighted by atomic mass is 32.2. The maximum atomic E-state index is 11.6. The average Bonchev–Trinajstić information content (AvgIpc) is 2.83. The van der Waals surface area contributed by atoms with E-state index >= 15 is 0 Å². The Labute approximate surface area is 114 Å². The quantitative estimate of drug-likeness (QED) is 0.775. The molecule has 1 heterocycles. The Morgan fingerprint density at radius 1 is 1.53 bits per heavy atom. The number of nitrogens with one attached hydrogen (secondary N) is 2. The number of nitrogens with zero attached hydrogens (tertiary/aromatic N) is 2. The lowest BCUT2D eigenvalue weighted by molar-refractivity contribution is -0.122. The number of thioether (sulfide) groups is 1. The van der Waals surface area contributed by atoms with Gasteiger partial charge < -0.3 is 19.9 Å². The SMILES string of the molecule is COC(=O)N[C@@H](C)C(=O)NCc1nc(CSC)no1.